The first-order valence-corrected chi connectivity index (χ1v) is 9.06. The van der Waals surface area contributed by atoms with Gasteiger partial charge in [-0.15, -0.1) is 6.58 Å². The standard InChI is InChI=1S/C22H26O6/c1-7-8-22-12-18(26-5)15(23)11-19(22)28-20(13(22)2)14-9-16(24-3)21(27-6)17(10-14)25-4/h7,9-13,20H,1,8H2,2-6H3/t13-,20+,22+/m1/s1. The first-order chi connectivity index (χ1) is 13.4. The van der Waals surface area contributed by atoms with Gasteiger partial charge in [0.2, 0.25) is 11.5 Å². The first-order valence-electron chi connectivity index (χ1n) is 9.06. The number of rotatable bonds is 7. The quantitative estimate of drug-likeness (QED) is 0.661. The highest BCUT2D eigenvalue weighted by Gasteiger charge is 2.53. The van der Waals surface area contributed by atoms with Crippen LogP contribution in [-0.4, -0.2) is 34.2 Å². The van der Waals surface area contributed by atoms with Crippen molar-refractivity contribution in [2.45, 2.75) is 19.4 Å². The van der Waals surface area contributed by atoms with Crippen molar-refractivity contribution in [1.29, 1.82) is 0 Å². The monoisotopic (exact) mass is 386 g/mol. The van der Waals surface area contributed by atoms with E-state index in [1.165, 1.54) is 13.2 Å². The van der Waals surface area contributed by atoms with E-state index in [4.69, 9.17) is 23.7 Å². The van der Waals surface area contributed by atoms with Crippen LogP contribution in [0.2, 0.25) is 0 Å². The van der Waals surface area contributed by atoms with E-state index in [1.54, 1.807) is 21.3 Å². The van der Waals surface area contributed by atoms with Crippen molar-refractivity contribution in [3.63, 3.8) is 0 Å². The molecule has 3 rings (SSSR count). The lowest BCUT2D eigenvalue weighted by Crippen LogP contribution is -2.29. The summed E-state index contributed by atoms with van der Waals surface area (Å²) in [5, 5.41) is 0. The lowest BCUT2D eigenvalue weighted by molar-refractivity contribution is -0.114. The Hall–Kier alpha value is -2.89. The number of hydrogen-bond donors (Lipinski definition) is 0. The van der Waals surface area contributed by atoms with Crippen molar-refractivity contribution in [2.75, 3.05) is 28.4 Å². The molecule has 1 aliphatic carbocycles. The zero-order valence-electron chi connectivity index (χ0n) is 16.9. The van der Waals surface area contributed by atoms with Gasteiger partial charge < -0.3 is 23.7 Å². The van der Waals surface area contributed by atoms with Crippen LogP contribution in [0, 0.1) is 11.3 Å². The molecule has 0 spiro atoms. The Bertz CT molecular complexity index is 828. The van der Waals surface area contributed by atoms with E-state index in [9.17, 15) is 4.79 Å². The molecule has 2 aliphatic rings. The Morgan fingerprint density at radius 3 is 2.25 bits per heavy atom. The molecule has 0 saturated carbocycles. The van der Waals surface area contributed by atoms with Crippen LogP contribution in [0.4, 0.5) is 0 Å². The van der Waals surface area contributed by atoms with E-state index in [2.05, 4.69) is 13.5 Å². The second-order valence-electron chi connectivity index (χ2n) is 6.90. The maximum Gasteiger partial charge on any atom is 0.223 e. The highest BCUT2D eigenvalue weighted by Crippen LogP contribution is 2.58. The topological polar surface area (TPSA) is 63.2 Å². The number of methoxy groups -OCH3 is 4. The van der Waals surface area contributed by atoms with Gasteiger partial charge in [-0.3, -0.25) is 4.79 Å². The number of ketones is 1. The minimum absolute atomic E-state index is 0.0119. The molecule has 0 bridgehead atoms. The number of hydrogen-bond acceptors (Lipinski definition) is 6. The minimum atomic E-state index is -0.494. The molecule has 3 atom stereocenters. The molecule has 1 heterocycles. The Morgan fingerprint density at radius 1 is 1.11 bits per heavy atom. The van der Waals surface area contributed by atoms with Crippen LogP contribution < -0.4 is 14.2 Å². The zero-order chi connectivity index (χ0) is 20.5. The molecule has 1 aromatic carbocycles. The second-order valence-corrected chi connectivity index (χ2v) is 6.90. The van der Waals surface area contributed by atoms with Crippen molar-refractivity contribution in [1.82, 2.24) is 0 Å². The van der Waals surface area contributed by atoms with Crippen molar-refractivity contribution in [2.24, 2.45) is 11.3 Å². The summed E-state index contributed by atoms with van der Waals surface area (Å²) in [7, 11) is 6.22. The van der Waals surface area contributed by atoms with Gasteiger partial charge in [0.05, 0.1) is 33.9 Å². The predicted octanol–water partition coefficient (Wildman–Crippen LogP) is 3.98. The molecule has 0 unspecified atom stereocenters. The molecule has 0 N–H and O–H groups in total. The van der Waals surface area contributed by atoms with Crippen LogP contribution in [0.25, 0.3) is 0 Å². The molecule has 1 aromatic rings. The number of fused-ring (bicyclic) bond motifs is 1. The first kappa shape index (κ1) is 19.9. The maximum absolute atomic E-state index is 12.3. The van der Waals surface area contributed by atoms with Gasteiger partial charge in [0.1, 0.15) is 11.9 Å². The lowest BCUT2D eigenvalue weighted by atomic mass is 9.69. The highest BCUT2D eigenvalue weighted by molar-refractivity contribution is 6.04. The third-order valence-electron chi connectivity index (χ3n) is 5.59. The number of benzene rings is 1. The molecule has 0 aromatic heterocycles. The van der Waals surface area contributed by atoms with Gasteiger partial charge in [0, 0.05) is 17.6 Å². The average molecular weight is 386 g/mol. The number of ether oxygens (including phenoxy) is 5. The van der Waals surface area contributed by atoms with E-state index < -0.39 is 5.41 Å². The fourth-order valence-electron chi connectivity index (χ4n) is 4.08. The van der Waals surface area contributed by atoms with Crippen molar-refractivity contribution >= 4 is 5.78 Å². The normalized spacial score (nSPS) is 25.8. The van der Waals surface area contributed by atoms with Crippen molar-refractivity contribution in [3.8, 4) is 17.2 Å². The van der Waals surface area contributed by atoms with E-state index in [1.807, 2.05) is 24.3 Å². The molecule has 1 aliphatic heterocycles. The largest absolute Gasteiger partial charge is 0.493 e. The maximum atomic E-state index is 12.3. The minimum Gasteiger partial charge on any atom is -0.493 e. The molecule has 1 saturated heterocycles. The molecule has 150 valence electrons. The van der Waals surface area contributed by atoms with E-state index in [-0.39, 0.29) is 17.8 Å². The number of carbonyl (C=O) groups excluding carboxylic acids is 1. The zero-order valence-corrected chi connectivity index (χ0v) is 16.9. The van der Waals surface area contributed by atoms with Crippen molar-refractivity contribution < 1.29 is 28.5 Å². The average Bonchev–Trinajstić information content (AvgIpc) is 2.98. The van der Waals surface area contributed by atoms with Gasteiger partial charge in [-0.1, -0.05) is 13.0 Å². The SMILES string of the molecule is C=CC[C@@]12C=C(OC)C(=O)C=C1O[C@H](c1cc(OC)c(OC)c(OC)c1)[C@H]2C. The number of carbonyl (C=O) groups is 1. The van der Waals surface area contributed by atoms with Gasteiger partial charge in [-0.25, -0.2) is 0 Å². The molecule has 28 heavy (non-hydrogen) atoms. The lowest BCUT2D eigenvalue weighted by Gasteiger charge is -2.31. The summed E-state index contributed by atoms with van der Waals surface area (Å²) >= 11 is 0. The highest BCUT2D eigenvalue weighted by atomic mass is 16.5. The third kappa shape index (κ3) is 2.93. The van der Waals surface area contributed by atoms with E-state index in [0.717, 1.165) is 5.56 Å². The smallest absolute Gasteiger partial charge is 0.223 e. The van der Waals surface area contributed by atoms with Crippen LogP contribution >= 0.6 is 0 Å². The van der Waals surface area contributed by atoms with Gasteiger partial charge in [-0.05, 0) is 24.6 Å². The van der Waals surface area contributed by atoms with Crippen molar-refractivity contribution in [3.05, 3.63) is 54.0 Å². The molecule has 1 fully saturated rings. The van der Waals surface area contributed by atoms with Crippen LogP contribution in [-0.2, 0) is 14.3 Å². The van der Waals surface area contributed by atoms with Gasteiger partial charge >= 0.3 is 0 Å². The van der Waals surface area contributed by atoms with Crippen LogP contribution in [0.3, 0.4) is 0 Å². The summed E-state index contributed by atoms with van der Waals surface area (Å²) < 4.78 is 28.0. The predicted molar refractivity (Wildman–Crippen MR) is 105 cm³/mol. The molecular weight excluding hydrogens is 360 g/mol. The Balaban J connectivity index is 2.11. The summed E-state index contributed by atoms with van der Waals surface area (Å²) in [5.74, 6) is 2.40. The molecular formula is C22H26O6. The summed E-state index contributed by atoms with van der Waals surface area (Å²) in [4.78, 5) is 12.3. The Morgan fingerprint density at radius 2 is 1.75 bits per heavy atom. The van der Waals surface area contributed by atoms with Gasteiger partial charge in [0.25, 0.3) is 0 Å². The fourth-order valence-corrected chi connectivity index (χ4v) is 4.08. The number of allylic oxidation sites excluding steroid dienone is 3. The molecule has 6 heteroatoms. The summed E-state index contributed by atoms with van der Waals surface area (Å²) in [6.45, 7) is 5.99. The summed E-state index contributed by atoms with van der Waals surface area (Å²) in [6.07, 6.45) is 5.55. The van der Waals surface area contributed by atoms with Gasteiger partial charge in [-0.2, -0.15) is 0 Å². The Kier molecular flexibility index (Phi) is 5.40. The van der Waals surface area contributed by atoms with Crippen LogP contribution in [0.15, 0.2) is 48.5 Å². The molecule has 6 nitrogen and oxygen atoms in total. The van der Waals surface area contributed by atoms with Crippen LogP contribution in [0.1, 0.15) is 25.0 Å². The summed E-state index contributed by atoms with van der Waals surface area (Å²) in [6, 6.07) is 3.76. The third-order valence-corrected chi connectivity index (χ3v) is 5.59. The van der Waals surface area contributed by atoms with E-state index in [0.29, 0.717) is 35.2 Å². The van der Waals surface area contributed by atoms with Crippen LogP contribution in [0.5, 0.6) is 17.2 Å². The molecule has 0 amide bonds. The molecule has 0 radical (unpaired) electrons. The Labute approximate surface area is 165 Å². The van der Waals surface area contributed by atoms with Gasteiger partial charge in [0.15, 0.2) is 17.3 Å². The van der Waals surface area contributed by atoms with E-state index >= 15 is 0 Å². The fraction of sp³-hybridized carbons (Fsp3) is 0.409. The summed E-state index contributed by atoms with van der Waals surface area (Å²) in [5.41, 5.74) is 0.382. The second kappa shape index (κ2) is 7.62.